The van der Waals surface area contributed by atoms with Gasteiger partial charge in [-0.15, -0.1) is 0 Å². The summed E-state index contributed by atoms with van der Waals surface area (Å²) >= 11 is 0. The van der Waals surface area contributed by atoms with Gasteiger partial charge in [-0.2, -0.15) is 0 Å². The minimum atomic E-state index is -1.03. The lowest BCUT2D eigenvalue weighted by Gasteiger charge is -2.19. The highest BCUT2D eigenvalue weighted by Gasteiger charge is 2.21. The van der Waals surface area contributed by atoms with Crippen LogP contribution in [-0.4, -0.2) is 24.4 Å². The number of ether oxygens (including phenoxy) is 2. The summed E-state index contributed by atoms with van der Waals surface area (Å²) in [5.74, 6) is 1.28. The monoisotopic (exact) mass is 274 g/mol. The van der Waals surface area contributed by atoms with Gasteiger partial charge in [0.25, 0.3) is 0 Å². The van der Waals surface area contributed by atoms with Crippen LogP contribution in [0.4, 0.5) is 0 Å². The first-order chi connectivity index (χ1) is 9.65. The number of hydrogen-bond acceptors (Lipinski definition) is 4. The Hall–Kier alpha value is -2.04. The van der Waals surface area contributed by atoms with Crippen molar-refractivity contribution in [3.63, 3.8) is 0 Å². The van der Waals surface area contributed by atoms with Crippen molar-refractivity contribution in [1.29, 1.82) is 0 Å². The first kappa shape index (κ1) is 14.4. The van der Waals surface area contributed by atoms with Crippen LogP contribution in [0.3, 0.4) is 0 Å². The van der Waals surface area contributed by atoms with Gasteiger partial charge in [0.1, 0.15) is 23.7 Å². The van der Waals surface area contributed by atoms with E-state index in [1.54, 1.807) is 62.8 Å². The predicted molar refractivity (Wildman–Crippen MR) is 75.9 cm³/mol. The van der Waals surface area contributed by atoms with E-state index in [1.807, 2.05) is 0 Å². The molecule has 0 amide bonds. The highest BCUT2D eigenvalue weighted by atomic mass is 16.5. The molecule has 106 valence electrons. The second-order valence-electron chi connectivity index (χ2n) is 4.44. The molecule has 2 aromatic carbocycles. The molecule has 0 aliphatic heterocycles. The molecule has 0 bridgehead atoms. The van der Waals surface area contributed by atoms with Crippen LogP contribution in [0.15, 0.2) is 48.5 Å². The number of benzene rings is 2. The number of methoxy groups -OCH3 is 2. The van der Waals surface area contributed by atoms with Gasteiger partial charge in [0.2, 0.25) is 0 Å². The van der Waals surface area contributed by atoms with Crippen molar-refractivity contribution < 1.29 is 19.7 Å². The molecule has 0 aromatic heterocycles. The third-order valence-corrected chi connectivity index (χ3v) is 3.17. The summed E-state index contributed by atoms with van der Waals surface area (Å²) < 4.78 is 10.2. The average molecular weight is 274 g/mol. The van der Waals surface area contributed by atoms with Crippen LogP contribution in [0, 0.1) is 0 Å². The van der Waals surface area contributed by atoms with Gasteiger partial charge < -0.3 is 19.7 Å². The zero-order valence-electron chi connectivity index (χ0n) is 11.5. The highest BCUT2D eigenvalue weighted by Crippen LogP contribution is 2.31. The van der Waals surface area contributed by atoms with Crippen molar-refractivity contribution in [3.8, 4) is 11.5 Å². The van der Waals surface area contributed by atoms with E-state index in [0.717, 1.165) is 0 Å². The van der Waals surface area contributed by atoms with Crippen LogP contribution in [0.1, 0.15) is 23.3 Å². The molecule has 0 heterocycles. The van der Waals surface area contributed by atoms with E-state index >= 15 is 0 Å². The predicted octanol–water partition coefficient (Wildman–Crippen LogP) is 2.47. The van der Waals surface area contributed by atoms with Gasteiger partial charge in [-0.3, -0.25) is 0 Å². The quantitative estimate of drug-likeness (QED) is 0.879. The first-order valence-electron chi connectivity index (χ1n) is 6.29. The fourth-order valence-corrected chi connectivity index (χ4v) is 2.02. The topological polar surface area (TPSA) is 58.9 Å². The normalized spacial score (nSPS) is 13.6. The van der Waals surface area contributed by atoms with Gasteiger partial charge in [-0.1, -0.05) is 24.3 Å². The Kier molecular flexibility index (Phi) is 4.61. The lowest BCUT2D eigenvalue weighted by Crippen LogP contribution is -2.10. The average Bonchev–Trinajstić information content (AvgIpc) is 2.53. The van der Waals surface area contributed by atoms with E-state index in [-0.39, 0.29) is 0 Å². The van der Waals surface area contributed by atoms with Gasteiger partial charge in [-0.05, 0) is 35.4 Å². The largest absolute Gasteiger partial charge is 0.497 e. The molecule has 2 aromatic rings. The Morgan fingerprint density at radius 1 is 0.750 bits per heavy atom. The zero-order valence-corrected chi connectivity index (χ0v) is 11.5. The van der Waals surface area contributed by atoms with E-state index < -0.39 is 12.2 Å². The summed E-state index contributed by atoms with van der Waals surface area (Å²) in [4.78, 5) is 0. The molecule has 2 unspecified atom stereocenters. The van der Waals surface area contributed by atoms with Gasteiger partial charge in [-0.25, -0.2) is 0 Å². The van der Waals surface area contributed by atoms with Gasteiger partial charge >= 0.3 is 0 Å². The Balaban J connectivity index is 2.24. The zero-order chi connectivity index (χ0) is 14.5. The maximum absolute atomic E-state index is 10.3. The van der Waals surface area contributed by atoms with E-state index in [1.165, 1.54) is 0 Å². The van der Waals surface area contributed by atoms with E-state index in [2.05, 4.69) is 0 Å². The van der Waals surface area contributed by atoms with Crippen molar-refractivity contribution in [2.45, 2.75) is 12.2 Å². The maximum atomic E-state index is 10.3. The standard InChI is InChI=1S/C16H18O4/c1-19-13-7-3-5-11(9-13)15(17)16(18)12-6-4-8-14(10-12)20-2/h3-10,15-18H,1-2H3. The molecule has 2 atom stereocenters. The van der Waals surface area contributed by atoms with Crippen LogP contribution < -0.4 is 9.47 Å². The van der Waals surface area contributed by atoms with Gasteiger partial charge in [0.05, 0.1) is 14.2 Å². The van der Waals surface area contributed by atoms with E-state index in [4.69, 9.17) is 9.47 Å². The van der Waals surface area contributed by atoms with Gasteiger partial charge in [0.15, 0.2) is 0 Å². The molecule has 0 spiro atoms. The number of rotatable bonds is 5. The molecule has 0 aliphatic rings. The molecule has 4 heteroatoms. The Morgan fingerprint density at radius 3 is 1.50 bits per heavy atom. The van der Waals surface area contributed by atoms with Crippen LogP contribution in [-0.2, 0) is 0 Å². The van der Waals surface area contributed by atoms with Crippen molar-refractivity contribution in [2.75, 3.05) is 14.2 Å². The molecule has 0 saturated carbocycles. The molecular weight excluding hydrogens is 256 g/mol. The molecule has 2 N–H and O–H groups in total. The van der Waals surface area contributed by atoms with Crippen molar-refractivity contribution >= 4 is 0 Å². The molecule has 0 aliphatic carbocycles. The molecule has 20 heavy (non-hydrogen) atoms. The van der Waals surface area contributed by atoms with Crippen LogP contribution in [0.25, 0.3) is 0 Å². The second-order valence-corrected chi connectivity index (χ2v) is 4.44. The number of aliphatic hydroxyl groups is 2. The molecule has 4 nitrogen and oxygen atoms in total. The highest BCUT2D eigenvalue weighted by molar-refractivity contribution is 5.34. The number of hydrogen-bond donors (Lipinski definition) is 2. The fraction of sp³-hybridized carbons (Fsp3) is 0.250. The summed E-state index contributed by atoms with van der Waals surface area (Å²) in [6, 6.07) is 14.0. The SMILES string of the molecule is COc1cccc(C(O)C(O)c2cccc(OC)c2)c1. The van der Waals surface area contributed by atoms with E-state index in [9.17, 15) is 10.2 Å². The third kappa shape index (κ3) is 3.10. The summed E-state index contributed by atoms with van der Waals surface area (Å²) in [5.41, 5.74) is 1.19. The lowest BCUT2D eigenvalue weighted by atomic mass is 9.98. The third-order valence-electron chi connectivity index (χ3n) is 3.17. The molecular formula is C16H18O4. The summed E-state index contributed by atoms with van der Waals surface area (Å²) in [6.07, 6.45) is -2.06. The summed E-state index contributed by atoms with van der Waals surface area (Å²) in [5, 5.41) is 20.6. The van der Waals surface area contributed by atoms with Crippen molar-refractivity contribution in [3.05, 3.63) is 59.7 Å². The van der Waals surface area contributed by atoms with Crippen LogP contribution in [0.5, 0.6) is 11.5 Å². The van der Waals surface area contributed by atoms with Crippen LogP contribution >= 0.6 is 0 Å². The Morgan fingerprint density at radius 2 is 1.15 bits per heavy atom. The molecule has 0 saturated heterocycles. The Labute approximate surface area is 118 Å². The summed E-state index contributed by atoms with van der Waals surface area (Å²) in [6.45, 7) is 0. The smallest absolute Gasteiger partial charge is 0.119 e. The van der Waals surface area contributed by atoms with Crippen molar-refractivity contribution in [1.82, 2.24) is 0 Å². The number of aliphatic hydroxyl groups excluding tert-OH is 2. The second kappa shape index (κ2) is 6.41. The maximum Gasteiger partial charge on any atom is 0.119 e. The molecule has 0 radical (unpaired) electrons. The first-order valence-corrected chi connectivity index (χ1v) is 6.29. The minimum Gasteiger partial charge on any atom is -0.497 e. The fourth-order valence-electron chi connectivity index (χ4n) is 2.02. The Bertz CT molecular complexity index is 516. The molecule has 0 fully saturated rings. The van der Waals surface area contributed by atoms with E-state index in [0.29, 0.717) is 22.6 Å². The minimum absolute atomic E-state index is 0.597. The van der Waals surface area contributed by atoms with Crippen LogP contribution in [0.2, 0.25) is 0 Å². The molecule has 2 rings (SSSR count). The summed E-state index contributed by atoms with van der Waals surface area (Å²) in [7, 11) is 3.12. The lowest BCUT2D eigenvalue weighted by molar-refractivity contribution is 0.0170. The van der Waals surface area contributed by atoms with Crippen molar-refractivity contribution in [2.24, 2.45) is 0 Å². The van der Waals surface area contributed by atoms with Gasteiger partial charge in [0, 0.05) is 0 Å².